The third-order valence-electron chi connectivity index (χ3n) is 5.47. The van der Waals surface area contributed by atoms with Crippen LogP contribution in [0.3, 0.4) is 0 Å². The molecule has 0 saturated carbocycles. The van der Waals surface area contributed by atoms with Crippen molar-refractivity contribution in [3.63, 3.8) is 0 Å². The van der Waals surface area contributed by atoms with Gasteiger partial charge in [-0.05, 0) is 23.8 Å². The lowest BCUT2D eigenvalue weighted by Crippen LogP contribution is -2.57. The van der Waals surface area contributed by atoms with E-state index >= 15 is 0 Å². The molecule has 2 aliphatic heterocycles. The summed E-state index contributed by atoms with van der Waals surface area (Å²) in [6.45, 7) is 1.32. The number of nitrogens with one attached hydrogen (secondary N) is 1. The van der Waals surface area contributed by atoms with E-state index in [1.165, 1.54) is 12.1 Å². The number of hydrogen-bond acceptors (Lipinski definition) is 5. The third kappa shape index (κ3) is 3.34. The number of hydrogen-bond donors (Lipinski definition) is 1. The molecule has 1 unspecified atom stereocenters. The van der Waals surface area contributed by atoms with E-state index in [0.717, 1.165) is 16.9 Å². The molecule has 2 aliphatic rings. The first-order valence-electron chi connectivity index (χ1n) is 9.03. The van der Waals surface area contributed by atoms with Crippen LogP contribution in [0.15, 0.2) is 48.5 Å². The second-order valence-electron chi connectivity index (χ2n) is 7.12. The Hall–Kier alpha value is -1.99. The fraction of sp³-hybridized carbons (Fsp3) is 0.429. The smallest absolute Gasteiger partial charge is 0.146 e. The Kier molecular flexibility index (Phi) is 4.90. The van der Waals surface area contributed by atoms with Crippen molar-refractivity contribution in [1.82, 2.24) is 5.32 Å². The molecule has 3 atom stereocenters. The summed E-state index contributed by atoms with van der Waals surface area (Å²) >= 11 is 0. The molecule has 6 heteroatoms. The maximum absolute atomic E-state index is 13.2. The van der Waals surface area contributed by atoms with Crippen LogP contribution in [0.5, 0.6) is 5.75 Å². The minimum atomic E-state index is -0.685. The van der Waals surface area contributed by atoms with Gasteiger partial charge in [0.15, 0.2) is 0 Å². The highest BCUT2D eigenvalue weighted by Gasteiger charge is 2.52. The minimum absolute atomic E-state index is 0.0282. The van der Waals surface area contributed by atoms with Gasteiger partial charge in [0, 0.05) is 19.1 Å². The minimum Gasteiger partial charge on any atom is -0.496 e. The summed E-state index contributed by atoms with van der Waals surface area (Å²) < 4.78 is 36.9. The SMILES string of the molecule is COc1ccccc1[C@@]1(OC)COCC2(C1)N[C@@H](c1ccc(F)cc1)CO2. The van der Waals surface area contributed by atoms with Crippen molar-refractivity contribution in [3.8, 4) is 5.75 Å². The van der Waals surface area contributed by atoms with E-state index in [0.29, 0.717) is 26.2 Å². The van der Waals surface area contributed by atoms with Crippen LogP contribution in [-0.4, -0.2) is 39.8 Å². The first-order valence-corrected chi connectivity index (χ1v) is 9.03. The topological polar surface area (TPSA) is 49.0 Å². The molecule has 2 heterocycles. The van der Waals surface area contributed by atoms with Crippen LogP contribution < -0.4 is 10.1 Å². The Morgan fingerprint density at radius 2 is 1.85 bits per heavy atom. The third-order valence-corrected chi connectivity index (χ3v) is 5.47. The van der Waals surface area contributed by atoms with Crippen molar-refractivity contribution < 1.29 is 23.3 Å². The van der Waals surface area contributed by atoms with Crippen LogP contribution in [0.4, 0.5) is 4.39 Å². The molecule has 144 valence electrons. The molecule has 0 radical (unpaired) electrons. The lowest BCUT2D eigenvalue weighted by Gasteiger charge is -2.45. The molecular weight excluding hydrogens is 349 g/mol. The summed E-state index contributed by atoms with van der Waals surface area (Å²) in [5.74, 6) is 0.510. The van der Waals surface area contributed by atoms with E-state index < -0.39 is 11.3 Å². The van der Waals surface area contributed by atoms with Gasteiger partial charge in [0.25, 0.3) is 0 Å². The molecule has 0 aromatic heterocycles. The average molecular weight is 373 g/mol. The van der Waals surface area contributed by atoms with Crippen LogP contribution in [0, 0.1) is 5.82 Å². The zero-order valence-corrected chi connectivity index (χ0v) is 15.5. The lowest BCUT2D eigenvalue weighted by molar-refractivity contribution is -0.205. The predicted octanol–water partition coefficient (Wildman–Crippen LogP) is 3.15. The highest BCUT2D eigenvalue weighted by Crippen LogP contribution is 2.44. The van der Waals surface area contributed by atoms with Crippen molar-refractivity contribution in [3.05, 3.63) is 65.5 Å². The normalized spacial score (nSPS) is 30.6. The molecule has 2 aromatic rings. The van der Waals surface area contributed by atoms with E-state index in [9.17, 15) is 4.39 Å². The number of halogens is 1. The van der Waals surface area contributed by atoms with Gasteiger partial charge in [-0.25, -0.2) is 4.39 Å². The second kappa shape index (κ2) is 7.20. The van der Waals surface area contributed by atoms with Crippen molar-refractivity contribution in [2.24, 2.45) is 0 Å². The summed E-state index contributed by atoms with van der Waals surface area (Å²) in [6, 6.07) is 14.3. The average Bonchev–Trinajstić information content (AvgIpc) is 3.11. The zero-order valence-electron chi connectivity index (χ0n) is 15.5. The van der Waals surface area contributed by atoms with Gasteiger partial charge in [-0.1, -0.05) is 30.3 Å². The van der Waals surface area contributed by atoms with Crippen molar-refractivity contribution in [1.29, 1.82) is 0 Å². The molecule has 1 spiro atoms. The van der Waals surface area contributed by atoms with Gasteiger partial charge in [0.1, 0.15) is 22.9 Å². The van der Waals surface area contributed by atoms with Crippen molar-refractivity contribution in [2.75, 3.05) is 34.0 Å². The zero-order chi connectivity index (χ0) is 18.9. The summed E-state index contributed by atoms with van der Waals surface area (Å²) in [5.41, 5.74) is 0.563. The molecule has 2 saturated heterocycles. The Morgan fingerprint density at radius 1 is 1.07 bits per heavy atom. The van der Waals surface area contributed by atoms with Crippen LogP contribution >= 0.6 is 0 Å². The summed E-state index contributed by atoms with van der Waals surface area (Å²) in [4.78, 5) is 0. The number of methoxy groups -OCH3 is 2. The van der Waals surface area contributed by atoms with E-state index in [1.807, 2.05) is 24.3 Å². The van der Waals surface area contributed by atoms with Crippen LogP contribution in [-0.2, 0) is 19.8 Å². The summed E-state index contributed by atoms with van der Waals surface area (Å²) in [7, 11) is 3.33. The number of benzene rings is 2. The molecule has 0 amide bonds. The molecule has 2 aromatic carbocycles. The predicted molar refractivity (Wildman–Crippen MR) is 98.1 cm³/mol. The molecule has 0 aliphatic carbocycles. The maximum Gasteiger partial charge on any atom is 0.146 e. The van der Waals surface area contributed by atoms with Crippen molar-refractivity contribution in [2.45, 2.75) is 23.8 Å². The highest BCUT2D eigenvalue weighted by atomic mass is 19.1. The number of para-hydroxylation sites is 1. The first-order chi connectivity index (χ1) is 13.1. The number of ether oxygens (including phenoxy) is 4. The van der Waals surface area contributed by atoms with E-state index in [1.54, 1.807) is 26.4 Å². The second-order valence-corrected chi connectivity index (χ2v) is 7.12. The molecule has 5 nitrogen and oxygen atoms in total. The maximum atomic E-state index is 13.2. The summed E-state index contributed by atoms with van der Waals surface area (Å²) in [6.07, 6.45) is 0.578. The molecule has 27 heavy (non-hydrogen) atoms. The summed E-state index contributed by atoms with van der Waals surface area (Å²) in [5, 5.41) is 3.55. The fourth-order valence-corrected chi connectivity index (χ4v) is 4.08. The Bertz CT molecular complexity index is 799. The first kappa shape index (κ1) is 18.4. The lowest BCUT2D eigenvalue weighted by atomic mass is 9.83. The van der Waals surface area contributed by atoms with Gasteiger partial charge in [-0.2, -0.15) is 0 Å². The van der Waals surface area contributed by atoms with Gasteiger partial charge in [0.2, 0.25) is 0 Å². The molecule has 4 rings (SSSR count). The quantitative estimate of drug-likeness (QED) is 0.892. The van der Waals surface area contributed by atoms with E-state index in [-0.39, 0.29) is 11.9 Å². The van der Waals surface area contributed by atoms with E-state index in [2.05, 4.69) is 5.32 Å². The number of rotatable bonds is 4. The molecular formula is C21H24FNO4. The van der Waals surface area contributed by atoms with Gasteiger partial charge < -0.3 is 18.9 Å². The van der Waals surface area contributed by atoms with E-state index in [4.69, 9.17) is 18.9 Å². The van der Waals surface area contributed by atoms with Crippen molar-refractivity contribution >= 4 is 0 Å². The standard InChI is InChI=1S/C21H24FNO4/c1-24-19-6-4-3-5-17(19)20(25-2)12-21(14-26-13-20)23-18(11-27-21)15-7-9-16(22)10-8-15/h3-10,18,23H,11-14H2,1-2H3/t18-,20+,21?/m1/s1. The van der Waals surface area contributed by atoms with Gasteiger partial charge in [-0.3, -0.25) is 5.32 Å². The van der Waals surface area contributed by atoms with Crippen LogP contribution in [0.1, 0.15) is 23.6 Å². The van der Waals surface area contributed by atoms with Gasteiger partial charge in [0.05, 0.1) is 33.0 Å². The van der Waals surface area contributed by atoms with Crippen LogP contribution in [0.25, 0.3) is 0 Å². The van der Waals surface area contributed by atoms with Crippen LogP contribution in [0.2, 0.25) is 0 Å². The Morgan fingerprint density at radius 3 is 2.59 bits per heavy atom. The largest absolute Gasteiger partial charge is 0.496 e. The Balaban J connectivity index is 1.61. The van der Waals surface area contributed by atoms with Gasteiger partial charge >= 0.3 is 0 Å². The molecule has 0 bridgehead atoms. The highest BCUT2D eigenvalue weighted by molar-refractivity contribution is 5.39. The molecule has 1 N–H and O–H groups in total. The fourth-order valence-electron chi connectivity index (χ4n) is 4.08. The monoisotopic (exact) mass is 373 g/mol. The molecule has 2 fully saturated rings. The van der Waals surface area contributed by atoms with Gasteiger partial charge in [-0.15, -0.1) is 0 Å². The Labute approximate surface area is 158 Å².